The maximum absolute atomic E-state index is 13.6. The molecule has 0 unspecified atom stereocenters. The summed E-state index contributed by atoms with van der Waals surface area (Å²) >= 11 is 1.66. The Bertz CT molecular complexity index is 1040. The minimum absolute atomic E-state index is 0.0285. The Labute approximate surface area is 217 Å². The minimum Gasteiger partial charge on any atom is -0.337 e. The summed E-state index contributed by atoms with van der Waals surface area (Å²) in [4.78, 5) is 43.9. The Balaban J connectivity index is 1.58. The molecule has 4 amide bonds. The van der Waals surface area contributed by atoms with Crippen LogP contribution in [0.2, 0.25) is 0 Å². The lowest BCUT2D eigenvalue weighted by Gasteiger charge is -2.55. The van der Waals surface area contributed by atoms with Crippen molar-refractivity contribution in [1.82, 2.24) is 25.1 Å². The summed E-state index contributed by atoms with van der Waals surface area (Å²) in [5.41, 5.74) is 2.15. The van der Waals surface area contributed by atoms with Crippen LogP contribution in [-0.4, -0.2) is 88.1 Å². The molecule has 2 heterocycles. The summed E-state index contributed by atoms with van der Waals surface area (Å²) in [7, 11) is 0. The van der Waals surface area contributed by atoms with Gasteiger partial charge in [0.2, 0.25) is 11.8 Å². The van der Waals surface area contributed by atoms with E-state index >= 15 is 0 Å². The van der Waals surface area contributed by atoms with Gasteiger partial charge in [0.25, 0.3) is 0 Å². The zero-order chi connectivity index (χ0) is 25.5. The molecular formula is C27H35N5O3S. The van der Waals surface area contributed by atoms with Crippen LogP contribution in [0.3, 0.4) is 0 Å². The number of likely N-dealkylation sites (N-methyl/N-ethyl adjacent to an activating group) is 1. The van der Waals surface area contributed by atoms with Gasteiger partial charge in [-0.25, -0.2) is 14.8 Å². The molecule has 2 aliphatic heterocycles. The molecule has 192 valence electrons. The second kappa shape index (κ2) is 12.3. The Kier molecular flexibility index (Phi) is 8.88. The van der Waals surface area contributed by atoms with Gasteiger partial charge < -0.3 is 15.1 Å². The average Bonchev–Trinajstić information content (AvgIpc) is 2.91. The molecule has 0 radical (unpaired) electrons. The quantitative estimate of drug-likeness (QED) is 0.563. The van der Waals surface area contributed by atoms with Crippen molar-refractivity contribution in [2.75, 3.05) is 38.2 Å². The Morgan fingerprint density at radius 1 is 1.03 bits per heavy atom. The highest BCUT2D eigenvalue weighted by Gasteiger charge is 2.50. The summed E-state index contributed by atoms with van der Waals surface area (Å²) in [5, 5.41) is 6.48. The van der Waals surface area contributed by atoms with Crippen LogP contribution < -0.4 is 5.32 Å². The lowest BCUT2D eigenvalue weighted by molar-refractivity contribution is -0.189. The number of amides is 4. The molecule has 0 spiro atoms. The SMILES string of the molecule is CCN1CC(=O)N2[C@@H](CCSC)C(=O)N(CCc3ccccc3)C[C@@H]2N1C(=O)NCc1ccccc1. The molecule has 9 heteroatoms. The highest BCUT2D eigenvalue weighted by molar-refractivity contribution is 7.98. The first-order chi connectivity index (χ1) is 17.5. The molecule has 2 aromatic carbocycles. The first-order valence-electron chi connectivity index (χ1n) is 12.5. The van der Waals surface area contributed by atoms with Gasteiger partial charge in [-0.2, -0.15) is 11.8 Å². The van der Waals surface area contributed by atoms with Crippen molar-refractivity contribution in [3.8, 4) is 0 Å². The van der Waals surface area contributed by atoms with Crippen molar-refractivity contribution >= 4 is 29.6 Å². The topological polar surface area (TPSA) is 76.2 Å². The highest BCUT2D eigenvalue weighted by atomic mass is 32.2. The van der Waals surface area contributed by atoms with Gasteiger partial charge in [0.15, 0.2) is 0 Å². The van der Waals surface area contributed by atoms with Gasteiger partial charge in [-0.15, -0.1) is 0 Å². The molecule has 2 atom stereocenters. The third-order valence-corrected chi connectivity index (χ3v) is 7.44. The highest BCUT2D eigenvalue weighted by Crippen LogP contribution is 2.28. The summed E-state index contributed by atoms with van der Waals surface area (Å²) in [6.45, 7) is 3.76. The maximum Gasteiger partial charge on any atom is 0.334 e. The molecule has 0 aromatic heterocycles. The smallest absolute Gasteiger partial charge is 0.334 e. The number of fused-ring (bicyclic) bond motifs is 1. The number of nitrogens with zero attached hydrogens (tertiary/aromatic N) is 4. The molecule has 4 rings (SSSR count). The van der Waals surface area contributed by atoms with Gasteiger partial charge in [-0.1, -0.05) is 67.6 Å². The second-order valence-electron chi connectivity index (χ2n) is 9.07. The van der Waals surface area contributed by atoms with Crippen molar-refractivity contribution < 1.29 is 14.4 Å². The number of rotatable bonds is 9. The van der Waals surface area contributed by atoms with Gasteiger partial charge in [-0.3, -0.25) is 9.59 Å². The number of hydrogen-bond acceptors (Lipinski definition) is 5. The average molecular weight is 510 g/mol. The predicted molar refractivity (Wildman–Crippen MR) is 142 cm³/mol. The van der Waals surface area contributed by atoms with Gasteiger partial charge in [0.05, 0.1) is 13.1 Å². The number of carbonyl (C=O) groups is 3. The molecule has 8 nitrogen and oxygen atoms in total. The Hall–Kier alpha value is -3.04. The second-order valence-corrected chi connectivity index (χ2v) is 10.1. The fourth-order valence-electron chi connectivity index (χ4n) is 4.93. The third kappa shape index (κ3) is 5.84. The van der Waals surface area contributed by atoms with E-state index in [0.29, 0.717) is 32.6 Å². The van der Waals surface area contributed by atoms with Gasteiger partial charge in [0.1, 0.15) is 12.2 Å². The van der Waals surface area contributed by atoms with E-state index in [1.54, 1.807) is 26.7 Å². The molecule has 2 saturated heterocycles. The predicted octanol–water partition coefficient (Wildman–Crippen LogP) is 2.81. The Morgan fingerprint density at radius 2 is 1.69 bits per heavy atom. The summed E-state index contributed by atoms with van der Waals surface area (Å²) in [5.74, 6) is 0.632. The van der Waals surface area contributed by atoms with E-state index in [-0.39, 0.29) is 24.4 Å². The van der Waals surface area contributed by atoms with E-state index in [2.05, 4.69) is 17.4 Å². The lowest BCUT2D eigenvalue weighted by Crippen LogP contribution is -2.76. The van der Waals surface area contributed by atoms with Crippen molar-refractivity contribution in [3.63, 3.8) is 0 Å². The van der Waals surface area contributed by atoms with Crippen LogP contribution in [0.15, 0.2) is 60.7 Å². The molecular weight excluding hydrogens is 474 g/mol. The van der Waals surface area contributed by atoms with E-state index in [1.807, 2.05) is 66.6 Å². The van der Waals surface area contributed by atoms with Crippen LogP contribution >= 0.6 is 11.8 Å². The van der Waals surface area contributed by atoms with Crippen LogP contribution in [0.25, 0.3) is 0 Å². The van der Waals surface area contributed by atoms with Crippen molar-refractivity contribution in [1.29, 1.82) is 0 Å². The van der Waals surface area contributed by atoms with Crippen molar-refractivity contribution in [2.45, 2.75) is 38.5 Å². The number of piperazine rings is 1. The number of hydrazine groups is 1. The van der Waals surface area contributed by atoms with E-state index in [4.69, 9.17) is 0 Å². The molecule has 0 aliphatic carbocycles. The number of benzene rings is 2. The molecule has 0 bridgehead atoms. The van der Waals surface area contributed by atoms with Crippen LogP contribution in [-0.2, 0) is 22.6 Å². The van der Waals surface area contributed by atoms with E-state index in [9.17, 15) is 14.4 Å². The van der Waals surface area contributed by atoms with Crippen molar-refractivity contribution in [3.05, 3.63) is 71.8 Å². The van der Waals surface area contributed by atoms with Crippen LogP contribution in [0.4, 0.5) is 4.79 Å². The van der Waals surface area contributed by atoms with Crippen LogP contribution in [0.1, 0.15) is 24.5 Å². The summed E-state index contributed by atoms with van der Waals surface area (Å²) < 4.78 is 0. The summed E-state index contributed by atoms with van der Waals surface area (Å²) in [6.07, 6.45) is 2.75. The van der Waals surface area contributed by atoms with Crippen LogP contribution in [0.5, 0.6) is 0 Å². The van der Waals surface area contributed by atoms with Gasteiger partial charge >= 0.3 is 6.03 Å². The van der Waals surface area contributed by atoms with Crippen LogP contribution in [0, 0.1) is 0 Å². The van der Waals surface area contributed by atoms with Gasteiger partial charge in [-0.05, 0) is 36.0 Å². The zero-order valence-corrected chi connectivity index (χ0v) is 21.8. The van der Waals surface area contributed by atoms with E-state index < -0.39 is 12.2 Å². The molecule has 2 aliphatic rings. The summed E-state index contributed by atoms with van der Waals surface area (Å²) in [6, 6.07) is 19.0. The zero-order valence-electron chi connectivity index (χ0n) is 21.0. The van der Waals surface area contributed by atoms with E-state index in [1.165, 1.54) is 0 Å². The minimum atomic E-state index is -0.567. The number of nitrogens with one attached hydrogen (secondary N) is 1. The molecule has 2 aromatic rings. The maximum atomic E-state index is 13.6. The molecule has 2 fully saturated rings. The Morgan fingerprint density at radius 3 is 2.33 bits per heavy atom. The largest absolute Gasteiger partial charge is 0.337 e. The first kappa shape index (κ1) is 26.0. The van der Waals surface area contributed by atoms with E-state index in [0.717, 1.165) is 23.3 Å². The van der Waals surface area contributed by atoms with Crippen molar-refractivity contribution in [2.24, 2.45) is 0 Å². The number of thioether (sulfide) groups is 1. The monoisotopic (exact) mass is 509 g/mol. The molecule has 1 N–H and O–H groups in total. The molecule has 0 saturated carbocycles. The fraction of sp³-hybridized carbons (Fsp3) is 0.444. The lowest BCUT2D eigenvalue weighted by atomic mass is 10.0. The standard InChI is InChI=1S/C27H35N5O3S/c1-3-30-20-25(33)31-23(15-17-36-2)26(34)29(16-14-21-10-6-4-7-11-21)19-24(31)32(30)27(35)28-18-22-12-8-5-9-13-22/h4-13,23-24H,3,14-20H2,1-2H3,(H,28,35)/t23-,24-/m0/s1. The molecule has 36 heavy (non-hydrogen) atoms. The third-order valence-electron chi connectivity index (χ3n) is 6.80. The number of hydrogen-bond donors (Lipinski definition) is 1. The number of urea groups is 1. The van der Waals surface area contributed by atoms with Gasteiger partial charge in [0, 0.05) is 19.6 Å². The first-order valence-corrected chi connectivity index (χ1v) is 13.9. The normalized spacial score (nSPS) is 20.4. The fourth-order valence-corrected chi connectivity index (χ4v) is 5.39. The number of carbonyl (C=O) groups excluding carboxylic acids is 3.